The van der Waals surface area contributed by atoms with E-state index in [4.69, 9.17) is 12.7 Å². The number of hydrogen-bond donors (Lipinski definition) is 2. The van der Waals surface area contributed by atoms with E-state index in [1.54, 1.807) is 0 Å². The molecule has 0 spiro atoms. The van der Waals surface area contributed by atoms with Crippen molar-refractivity contribution in [3.8, 4) is 0 Å². The summed E-state index contributed by atoms with van der Waals surface area (Å²) in [5.74, 6) is -0.784. The zero-order valence-corrected chi connectivity index (χ0v) is 4.69. The minimum atomic E-state index is -0.594. The van der Waals surface area contributed by atoms with Crippen molar-refractivity contribution < 1.29 is 4.79 Å². The van der Waals surface area contributed by atoms with Crippen molar-refractivity contribution in [2.75, 3.05) is 5.75 Å². The van der Waals surface area contributed by atoms with Crippen LogP contribution in [0.4, 0.5) is 0 Å². The van der Waals surface area contributed by atoms with Crippen LogP contribution in [0, 0.1) is 12.8 Å². The minimum Gasteiger partial charge on any atom is -0.369 e. The maximum Gasteiger partial charge on any atom is 0.221 e. The maximum absolute atomic E-state index is 9.98. The molecule has 0 fully saturated rings. The molecular formula is C4H7NOS. The van der Waals surface area contributed by atoms with Crippen molar-refractivity contribution >= 4 is 18.5 Å². The lowest BCUT2D eigenvalue weighted by Gasteiger charge is -1.96. The van der Waals surface area contributed by atoms with Gasteiger partial charge in [0, 0.05) is 11.7 Å². The van der Waals surface area contributed by atoms with E-state index in [-0.39, 0.29) is 0 Å². The summed E-state index contributed by atoms with van der Waals surface area (Å²) >= 11 is 3.73. The van der Waals surface area contributed by atoms with Crippen LogP contribution in [-0.2, 0) is 4.79 Å². The predicted molar refractivity (Wildman–Crippen MR) is 30.8 cm³/mol. The van der Waals surface area contributed by atoms with Gasteiger partial charge in [-0.25, -0.2) is 0 Å². The Morgan fingerprint density at radius 3 is 2.43 bits per heavy atom. The SMILES string of the molecule is [CH][C@@H](CS)C(N)=O. The van der Waals surface area contributed by atoms with Gasteiger partial charge in [0.25, 0.3) is 0 Å². The zero-order valence-electron chi connectivity index (χ0n) is 3.79. The van der Waals surface area contributed by atoms with E-state index in [9.17, 15) is 4.79 Å². The first-order chi connectivity index (χ1) is 3.18. The molecule has 0 aromatic rings. The molecule has 0 bridgehead atoms. The Morgan fingerprint density at radius 2 is 2.43 bits per heavy atom. The molecule has 0 unspecified atom stereocenters. The fourth-order valence-corrected chi connectivity index (χ4v) is 0.270. The van der Waals surface area contributed by atoms with E-state index >= 15 is 0 Å². The molecule has 2 nitrogen and oxygen atoms in total. The van der Waals surface area contributed by atoms with Crippen molar-refractivity contribution in [1.82, 2.24) is 0 Å². The molecule has 0 heterocycles. The number of thiol groups is 1. The fraction of sp³-hybridized carbons (Fsp3) is 0.500. The molecule has 3 heteroatoms. The molecular weight excluding hydrogens is 110 g/mol. The molecule has 7 heavy (non-hydrogen) atoms. The lowest BCUT2D eigenvalue weighted by molar-refractivity contribution is -0.119. The molecule has 0 saturated heterocycles. The third-order valence-corrected chi connectivity index (χ3v) is 0.956. The molecule has 0 aliphatic rings. The third kappa shape index (κ3) is 2.51. The van der Waals surface area contributed by atoms with Gasteiger partial charge in [-0.15, -0.1) is 0 Å². The molecule has 0 rings (SSSR count). The Balaban J connectivity index is 3.34. The summed E-state index contributed by atoms with van der Waals surface area (Å²) in [7, 11) is 0. The van der Waals surface area contributed by atoms with Crippen LogP contribution in [0.2, 0.25) is 0 Å². The van der Waals surface area contributed by atoms with E-state index in [0.717, 1.165) is 0 Å². The van der Waals surface area contributed by atoms with E-state index < -0.39 is 11.8 Å². The van der Waals surface area contributed by atoms with Gasteiger partial charge >= 0.3 is 0 Å². The summed E-state index contributed by atoms with van der Waals surface area (Å²) in [6.07, 6.45) is 0. The highest BCUT2D eigenvalue weighted by molar-refractivity contribution is 7.80. The summed E-state index contributed by atoms with van der Waals surface area (Å²) in [5.41, 5.74) is 4.73. The second-order valence-corrected chi connectivity index (χ2v) is 1.56. The van der Waals surface area contributed by atoms with Gasteiger partial charge in [-0.2, -0.15) is 12.6 Å². The maximum atomic E-state index is 9.98. The van der Waals surface area contributed by atoms with Gasteiger partial charge < -0.3 is 5.73 Å². The molecule has 0 aromatic heterocycles. The number of amides is 1. The van der Waals surface area contributed by atoms with E-state index in [1.807, 2.05) is 0 Å². The lowest BCUT2D eigenvalue weighted by Crippen LogP contribution is -2.21. The highest BCUT2D eigenvalue weighted by atomic mass is 32.1. The van der Waals surface area contributed by atoms with Gasteiger partial charge in [0.15, 0.2) is 0 Å². The van der Waals surface area contributed by atoms with E-state index in [2.05, 4.69) is 12.6 Å². The number of carbonyl (C=O) groups is 1. The summed E-state index contributed by atoms with van der Waals surface area (Å²) in [6.45, 7) is 5.06. The van der Waals surface area contributed by atoms with Gasteiger partial charge in [0.05, 0.1) is 0 Å². The fourth-order valence-electron chi connectivity index (χ4n) is 0.0900. The molecule has 0 aliphatic heterocycles. The number of carbonyl (C=O) groups excluding carboxylic acids is 1. The summed E-state index contributed by atoms with van der Waals surface area (Å²) in [6, 6.07) is 0. The molecule has 1 atom stereocenters. The molecule has 2 radical (unpaired) electrons. The van der Waals surface area contributed by atoms with Crippen LogP contribution in [-0.4, -0.2) is 11.7 Å². The van der Waals surface area contributed by atoms with Crippen LogP contribution in [0.15, 0.2) is 0 Å². The van der Waals surface area contributed by atoms with Gasteiger partial charge in [-0.3, -0.25) is 4.79 Å². The number of primary amides is 1. The first-order valence-corrected chi connectivity index (χ1v) is 2.47. The Labute approximate surface area is 48.5 Å². The number of rotatable bonds is 2. The largest absolute Gasteiger partial charge is 0.369 e. The van der Waals surface area contributed by atoms with Crippen molar-refractivity contribution in [3.05, 3.63) is 6.92 Å². The third-order valence-electron chi connectivity index (χ3n) is 0.562. The van der Waals surface area contributed by atoms with Crippen LogP contribution in [0.1, 0.15) is 0 Å². The minimum absolute atomic E-state index is 0.315. The quantitative estimate of drug-likeness (QED) is 0.480. The van der Waals surface area contributed by atoms with Gasteiger partial charge in [0.2, 0.25) is 5.91 Å². The second-order valence-electron chi connectivity index (χ2n) is 1.19. The lowest BCUT2D eigenvalue weighted by atomic mass is 10.2. The van der Waals surface area contributed by atoms with Crippen LogP contribution in [0.3, 0.4) is 0 Å². The van der Waals surface area contributed by atoms with Crippen molar-refractivity contribution in [2.45, 2.75) is 0 Å². The first kappa shape index (κ1) is 6.82. The van der Waals surface area contributed by atoms with Gasteiger partial charge in [-0.05, 0) is 6.92 Å². The highest BCUT2D eigenvalue weighted by Crippen LogP contribution is 1.92. The van der Waals surface area contributed by atoms with Crippen molar-refractivity contribution in [2.24, 2.45) is 11.7 Å². The second kappa shape index (κ2) is 2.91. The Morgan fingerprint density at radius 1 is 2.00 bits per heavy atom. The number of nitrogens with two attached hydrogens (primary N) is 1. The molecule has 0 aliphatic carbocycles. The normalized spacial score (nSPS) is 13.4. The Kier molecular flexibility index (Phi) is 2.83. The number of hydrogen-bond acceptors (Lipinski definition) is 2. The highest BCUT2D eigenvalue weighted by Gasteiger charge is 2.03. The smallest absolute Gasteiger partial charge is 0.221 e. The van der Waals surface area contributed by atoms with Crippen LogP contribution in [0.25, 0.3) is 0 Å². The summed E-state index contributed by atoms with van der Waals surface area (Å²) < 4.78 is 0. The molecule has 1 amide bonds. The van der Waals surface area contributed by atoms with E-state index in [1.165, 1.54) is 0 Å². The van der Waals surface area contributed by atoms with Crippen LogP contribution >= 0.6 is 12.6 Å². The van der Waals surface area contributed by atoms with Crippen molar-refractivity contribution in [3.63, 3.8) is 0 Å². The Bertz CT molecular complexity index is 74.1. The first-order valence-electron chi connectivity index (χ1n) is 1.84. The summed E-state index contributed by atoms with van der Waals surface area (Å²) in [5, 5.41) is 0. The van der Waals surface area contributed by atoms with Crippen molar-refractivity contribution in [1.29, 1.82) is 0 Å². The Hall–Kier alpha value is -0.180. The van der Waals surface area contributed by atoms with Gasteiger partial charge in [-0.1, -0.05) is 0 Å². The average Bonchev–Trinajstić information content (AvgIpc) is 1.65. The molecule has 2 N–H and O–H groups in total. The molecule has 0 aromatic carbocycles. The zero-order chi connectivity index (χ0) is 5.86. The predicted octanol–water partition coefficient (Wildman–Crippen LogP) is -0.271. The van der Waals surface area contributed by atoms with Gasteiger partial charge in [0.1, 0.15) is 0 Å². The standard InChI is InChI=1S/C4H7NOS/c1-3(2-7)4(5)6/h1,3,7H,2H2,(H2,5,6)/t3-/m0/s1. The van der Waals surface area contributed by atoms with Crippen LogP contribution in [0.5, 0.6) is 0 Å². The molecule has 40 valence electrons. The van der Waals surface area contributed by atoms with E-state index in [0.29, 0.717) is 5.75 Å². The average molecular weight is 117 g/mol. The molecule has 0 saturated carbocycles. The summed E-state index contributed by atoms with van der Waals surface area (Å²) in [4.78, 5) is 9.98. The monoisotopic (exact) mass is 117 g/mol. The topological polar surface area (TPSA) is 43.1 Å². The van der Waals surface area contributed by atoms with Crippen LogP contribution < -0.4 is 5.73 Å².